The van der Waals surface area contributed by atoms with Crippen LogP contribution in [-0.2, 0) is 10.0 Å². The quantitative estimate of drug-likeness (QED) is 0.917. The minimum Gasteiger partial charge on any atom is -0.278 e. The van der Waals surface area contributed by atoms with E-state index in [0.717, 1.165) is 12.1 Å². The third-order valence-corrected chi connectivity index (χ3v) is 4.29. The summed E-state index contributed by atoms with van der Waals surface area (Å²) in [6.07, 6.45) is 0. The molecule has 8 heteroatoms. The van der Waals surface area contributed by atoms with Crippen molar-refractivity contribution in [2.45, 2.75) is 4.90 Å². The van der Waals surface area contributed by atoms with Gasteiger partial charge in [-0.15, -0.1) is 0 Å². The van der Waals surface area contributed by atoms with E-state index in [4.69, 9.17) is 23.2 Å². The predicted octanol–water partition coefficient (Wildman–Crippen LogP) is 4.07. The molecule has 0 radical (unpaired) electrons. The maximum atomic E-state index is 13.1. The molecule has 0 unspecified atom stereocenters. The predicted molar refractivity (Wildman–Crippen MR) is 73.6 cm³/mol. The molecule has 3 nitrogen and oxygen atoms in total. The van der Waals surface area contributed by atoms with Crippen molar-refractivity contribution in [1.82, 2.24) is 0 Å². The van der Waals surface area contributed by atoms with Crippen molar-refractivity contribution in [3.05, 3.63) is 58.1 Å². The highest BCUT2D eigenvalue weighted by molar-refractivity contribution is 7.92. The van der Waals surface area contributed by atoms with Crippen molar-refractivity contribution in [3.8, 4) is 0 Å². The maximum absolute atomic E-state index is 13.1. The van der Waals surface area contributed by atoms with E-state index in [9.17, 15) is 17.2 Å². The summed E-state index contributed by atoms with van der Waals surface area (Å²) in [5.74, 6) is -2.39. The summed E-state index contributed by atoms with van der Waals surface area (Å²) < 4.78 is 52.1. The second kappa shape index (κ2) is 5.55. The molecule has 20 heavy (non-hydrogen) atoms. The Labute approximate surface area is 124 Å². The van der Waals surface area contributed by atoms with E-state index in [-0.39, 0.29) is 10.7 Å². The summed E-state index contributed by atoms with van der Waals surface area (Å²) in [7, 11) is -4.07. The fourth-order valence-corrected chi connectivity index (χ4v) is 3.02. The fourth-order valence-electron chi connectivity index (χ4n) is 1.42. The van der Waals surface area contributed by atoms with Gasteiger partial charge in [0.25, 0.3) is 10.0 Å². The number of sulfonamides is 1. The highest BCUT2D eigenvalue weighted by Gasteiger charge is 2.18. The van der Waals surface area contributed by atoms with Gasteiger partial charge in [-0.2, -0.15) is 0 Å². The number of rotatable bonds is 3. The smallest absolute Gasteiger partial charge is 0.262 e. The van der Waals surface area contributed by atoms with Gasteiger partial charge in [0.05, 0.1) is 15.6 Å². The van der Waals surface area contributed by atoms with Crippen molar-refractivity contribution in [2.24, 2.45) is 0 Å². The second-order valence-electron chi connectivity index (χ2n) is 3.81. The molecule has 0 aromatic heterocycles. The van der Waals surface area contributed by atoms with Crippen molar-refractivity contribution in [1.29, 1.82) is 0 Å². The normalized spacial score (nSPS) is 11.4. The molecule has 0 saturated carbocycles. The minimum atomic E-state index is -4.07. The highest BCUT2D eigenvalue weighted by Crippen LogP contribution is 2.27. The van der Waals surface area contributed by atoms with Crippen LogP contribution in [0.4, 0.5) is 14.5 Å². The molecule has 2 rings (SSSR count). The monoisotopic (exact) mass is 337 g/mol. The lowest BCUT2D eigenvalue weighted by atomic mass is 10.3. The van der Waals surface area contributed by atoms with E-state index in [2.05, 4.69) is 4.72 Å². The molecule has 0 bridgehead atoms. The lowest BCUT2D eigenvalue weighted by molar-refractivity contribution is 0.504. The molecule has 1 N–H and O–H groups in total. The molecule has 0 heterocycles. The van der Waals surface area contributed by atoms with E-state index in [1.54, 1.807) is 0 Å². The molecule has 0 spiro atoms. The van der Waals surface area contributed by atoms with Crippen molar-refractivity contribution in [3.63, 3.8) is 0 Å². The number of nitrogens with one attached hydrogen (secondary N) is 1. The van der Waals surface area contributed by atoms with Gasteiger partial charge in [0.1, 0.15) is 0 Å². The summed E-state index contributed by atoms with van der Waals surface area (Å²) in [5.41, 5.74) is 0.0841. The largest absolute Gasteiger partial charge is 0.278 e. The topological polar surface area (TPSA) is 46.2 Å². The van der Waals surface area contributed by atoms with Crippen LogP contribution in [0.1, 0.15) is 0 Å². The third-order valence-electron chi connectivity index (χ3n) is 2.38. The van der Waals surface area contributed by atoms with Crippen LogP contribution in [0.15, 0.2) is 41.3 Å². The minimum absolute atomic E-state index is 0.0841. The Balaban J connectivity index is 2.38. The van der Waals surface area contributed by atoms with Crippen LogP contribution in [0.5, 0.6) is 0 Å². The van der Waals surface area contributed by atoms with Gasteiger partial charge in [-0.25, -0.2) is 17.2 Å². The molecule has 0 aliphatic rings. The first-order valence-electron chi connectivity index (χ1n) is 5.22. The zero-order valence-electron chi connectivity index (χ0n) is 9.70. The fraction of sp³-hybridized carbons (Fsp3) is 0. The molecular formula is C12H7Cl2F2NO2S. The number of anilines is 1. The average Bonchev–Trinajstić information content (AvgIpc) is 2.36. The van der Waals surface area contributed by atoms with Crippen LogP contribution < -0.4 is 4.72 Å². The standard InChI is InChI=1S/C12H7Cl2F2NO2S/c13-7-1-4-12(9(14)5-7)17-20(18,19)8-2-3-10(15)11(16)6-8/h1-6,17H. The lowest BCUT2D eigenvalue weighted by Gasteiger charge is -2.10. The van der Waals surface area contributed by atoms with Crippen molar-refractivity contribution >= 4 is 38.9 Å². The average molecular weight is 338 g/mol. The van der Waals surface area contributed by atoms with Crippen LogP contribution in [0, 0.1) is 11.6 Å². The van der Waals surface area contributed by atoms with E-state index in [1.165, 1.54) is 18.2 Å². The van der Waals surface area contributed by atoms with Crippen molar-refractivity contribution < 1.29 is 17.2 Å². The Morgan fingerprint density at radius 1 is 0.950 bits per heavy atom. The summed E-state index contributed by atoms with van der Waals surface area (Å²) in [6.45, 7) is 0. The first-order chi connectivity index (χ1) is 9.29. The molecule has 2 aromatic rings. The van der Waals surface area contributed by atoms with Gasteiger partial charge in [-0.3, -0.25) is 4.72 Å². The SMILES string of the molecule is O=S(=O)(Nc1ccc(Cl)cc1Cl)c1ccc(F)c(F)c1. The first-order valence-corrected chi connectivity index (χ1v) is 7.46. The van der Waals surface area contributed by atoms with Gasteiger partial charge < -0.3 is 0 Å². The highest BCUT2D eigenvalue weighted by atomic mass is 35.5. The summed E-state index contributed by atoms with van der Waals surface area (Å²) in [4.78, 5) is -0.414. The number of hydrogen-bond donors (Lipinski definition) is 1. The van der Waals surface area contributed by atoms with Gasteiger partial charge in [0.2, 0.25) is 0 Å². The molecular weight excluding hydrogens is 331 g/mol. The zero-order chi connectivity index (χ0) is 14.9. The van der Waals surface area contributed by atoms with Gasteiger partial charge in [0.15, 0.2) is 11.6 Å². The summed E-state index contributed by atoms with van der Waals surface area (Å²) in [5, 5.41) is 0.425. The summed E-state index contributed by atoms with van der Waals surface area (Å²) in [6, 6.07) is 6.42. The first kappa shape index (κ1) is 15.0. The van der Waals surface area contributed by atoms with Crippen LogP contribution in [0.25, 0.3) is 0 Å². The van der Waals surface area contributed by atoms with E-state index in [1.807, 2.05) is 0 Å². The van der Waals surface area contributed by atoms with E-state index in [0.29, 0.717) is 11.1 Å². The molecule has 0 saturated heterocycles. The molecule has 0 aliphatic heterocycles. The van der Waals surface area contributed by atoms with Gasteiger partial charge in [-0.05, 0) is 36.4 Å². The molecule has 0 amide bonds. The Hall–Kier alpha value is -1.37. The van der Waals surface area contributed by atoms with Crippen LogP contribution >= 0.6 is 23.2 Å². The number of halogens is 4. The van der Waals surface area contributed by atoms with Gasteiger partial charge in [-0.1, -0.05) is 23.2 Å². The van der Waals surface area contributed by atoms with Crippen LogP contribution in [0.3, 0.4) is 0 Å². The maximum Gasteiger partial charge on any atom is 0.262 e. The molecule has 2 aromatic carbocycles. The lowest BCUT2D eigenvalue weighted by Crippen LogP contribution is -2.13. The zero-order valence-corrected chi connectivity index (χ0v) is 12.0. The Morgan fingerprint density at radius 2 is 1.65 bits per heavy atom. The van der Waals surface area contributed by atoms with Gasteiger partial charge in [0, 0.05) is 5.02 Å². The van der Waals surface area contributed by atoms with E-state index >= 15 is 0 Å². The summed E-state index contributed by atoms with van der Waals surface area (Å²) >= 11 is 11.5. The Kier molecular flexibility index (Phi) is 4.17. The molecule has 0 aliphatic carbocycles. The molecule has 0 atom stereocenters. The molecule has 106 valence electrons. The van der Waals surface area contributed by atoms with Gasteiger partial charge >= 0.3 is 0 Å². The Morgan fingerprint density at radius 3 is 2.25 bits per heavy atom. The molecule has 0 fully saturated rings. The number of hydrogen-bond acceptors (Lipinski definition) is 2. The third kappa shape index (κ3) is 3.20. The van der Waals surface area contributed by atoms with Crippen LogP contribution in [0.2, 0.25) is 10.0 Å². The second-order valence-corrected chi connectivity index (χ2v) is 6.33. The number of benzene rings is 2. The van der Waals surface area contributed by atoms with Crippen LogP contribution in [-0.4, -0.2) is 8.42 Å². The van der Waals surface area contributed by atoms with E-state index < -0.39 is 26.6 Å². The van der Waals surface area contributed by atoms with Crippen molar-refractivity contribution in [2.75, 3.05) is 4.72 Å². The Bertz CT molecular complexity index is 766.